The Kier molecular flexibility index (Phi) is 0.731. The van der Waals surface area contributed by atoms with Gasteiger partial charge in [-0.2, -0.15) is 0 Å². The number of fused-ring (bicyclic) bond motifs is 10. The average Bonchev–Trinajstić information content (AvgIpc) is 3.69. The van der Waals surface area contributed by atoms with Crippen LogP contribution < -0.4 is 10.6 Å². The molecule has 5 atom stereocenters. The Morgan fingerprint density at radius 3 is 1.68 bits per heavy atom. The molecule has 10 fully saturated rings. The van der Waals surface area contributed by atoms with Gasteiger partial charge in [-0.3, -0.25) is 0 Å². The SMILES string of the molecule is CCN(C)[C@@]12[CH]3[CH]4[CH]5[C]1(P(c1ccccc1)c1ccccc1)[Fe]45321678[CH]2[CH]1[CH]6[CH]7[CH]28. The zero-order valence-electron chi connectivity index (χ0n) is 16.3. The molecule has 0 saturated carbocycles. The number of benzene rings is 2. The zero-order chi connectivity index (χ0) is 18.0. The van der Waals surface area contributed by atoms with Crippen molar-refractivity contribution in [1.29, 1.82) is 0 Å². The second-order valence-electron chi connectivity index (χ2n) is 13.7. The Labute approximate surface area is 157 Å². The Morgan fingerprint density at radius 1 is 0.786 bits per heavy atom. The Bertz CT molecular complexity index is 1510. The average molecular weight is 427 g/mol. The van der Waals surface area contributed by atoms with Crippen LogP contribution in [0.4, 0.5) is 0 Å². The van der Waals surface area contributed by atoms with Gasteiger partial charge in [0.15, 0.2) is 0 Å². The molecule has 10 saturated heterocycles. The molecule has 0 bridgehead atoms. The predicted molar refractivity (Wildman–Crippen MR) is 113 cm³/mol. The summed E-state index contributed by atoms with van der Waals surface area (Å²) >= 11 is 0. The fraction of sp³-hybridized carbons (Fsp3) is 0.520. The third-order valence-electron chi connectivity index (χ3n) is 18.1. The normalized spacial score (nSPS) is 79.9. The van der Waals surface area contributed by atoms with E-state index in [1.165, 1.54) is 45.1 Å². The molecule has 4 unspecified atom stereocenters. The van der Waals surface area contributed by atoms with Gasteiger partial charge in [-0.05, 0) is 0 Å². The first-order chi connectivity index (χ1) is 13.5. The van der Waals surface area contributed by atoms with Crippen LogP contribution in [-0.4, -0.2) is 27.0 Å². The summed E-state index contributed by atoms with van der Waals surface area (Å²) in [5.41, 5.74) is 0. The molecule has 10 aliphatic heterocycles. The molecular formula is C25H26FeNP. The van der Waals surface area contributed by atoms with E-state index in [1.807, 2.05) is 0 Å². The summed E-state index contributed by atoms with van der Waals surface area (Å²) in [6.45, 7) is 0.292. The van der Waals surface area contributed by atoms with Gasteiger partial charge in [0.05, 0.1) is 0 Å². The van der Waals surface area contributed by atoms with Gasteiger partial charge in [-0.1, -0.05) is 0 Å². The van der Waals surface area contributed by atoms with E-state index in [0.717, 1.165) is 8.49 Å². The molecule has 2 aromatic carbocycles. The first-order valence-corrected chi connectivity index (χ1v) is 18.9. The molecule has 0 amide bonds. The van der Waals surface area contributed by atoms with Crippen LogP contribution in [0.15, 0.2) is 60.7 Å². The molecule has 2 aromatic rings. The maximum absolute atomic E-state index is 3.47. The minimum atomic E-state index is -3.47. The second kappa shape index (κ2) is 1.59. The van der Waals surface area contributed by atoms with E-state index in [4.69, 9.17) is 0 Å². The quantitative estimate of drug-likeness (QED) is 0.464. The van der Waals surface area contributed by atoms with Gasteiger partial charge in [0.2, 0.25) is 0 Å². The van der Waals surface area contributed by atoms with Crippen molar-refractivity contribution in [2.45, 2.75) is 53.9 Å². The van der Waals surface area contributed by atoms with E-state index in [2.05, 4.69) is 79.5 Å². The van der Waals surface area contributed by atoms with E-state index >= 15 is 0 Å². The maximum atomic E-state index is 3.04. The van der Waals surface area contributed by atoms with E-state index in [0.29, 0.717) is 0 Å². The van der Waals surface area contributed by atoms with Crippen molar-refractivity contribution in [3.05, 3.63) is 60.7 Å². The molecule has 0 aliphatic carbocycles. The van der Waals surface area contributed by atoms with Crippen LogP contribution >= 0.6 is 7.92 Å². The number of hydrogen-bond acceptors (Lipinski definition) is 1. The van der Waals surface area contributed by atoms with Crippen LogP contribution in [-0.2, 0) is 6.51 Å². The summed E-state index contributed by atoms with van der Waals surface area (Å²) in [6, 6.07) is 23.8. The number of nitrogens with zero attached hydrogens (tertiary/aromatic N) is 1. The topological polar surface area (TPSA) is 3.24 Å². The Morgan fingerprint density at radius 2 is 1.29 bits per heavy atom. The van der Waals surface area contributed by atoms with Crippen molar-refractivity contribution in [2.24, 2.45) is 0 Å². The molecule has 10 aliphatic rings. The van der Waals surface area contributed by atoms with Gasteiger partial charge < -0.3 is 0 Å². The molecule has 0 aromatic heterocycles. The summed E-state index contributed by atoms with van der Waals surface area (Å²) in [5, 5.41) is 3.45. The fourth-order valence-electron chi connectivity index (χ4n) is 20.0. The van der Waals surface area contributed by atoms with Crippen molar-refractivity contribution in [2.75, 3.05) is 13.6 Å². The van der Waals surface area contributed by atoms with Crippen LogP contribution in [0.5, 0.6) is 0 Å². The van der Waals surface area contributed by atoms with E-state index < -0.39 is 6.51 Å². The van der Waals surface area contributed by atoms with E-state index in [9.17, 15) is 0 Å². The zero-order valence-corrected chi connectivity index (χ0v) is 18.3. The summed E-state index contributed by atoms with van der Waals surface area (Å²) in [5.74, 6) is 0. The molecule has 1 spiro atoms. The van der Waals surface area contributed by atoms with Crippen LogP contribution in [0.25, 0.3) is 0 Å². The van der Waals surface area contributed by atoms with E-state index in [-0.39, 0.29) is 7.92 Å². The monoisotopic (exact) mass is 427 g/mol. The molecule has 144 valence electrons. The van der Waals surface area contributed by atoms with Gasteiger partial charge in [-0.25, -0.2) is 0 Å². The summed E-state index contributed by atoms with van der Waals surface area (Å²) in [7, 11) is 2.38. The van der Waals surface area contributed by atoms with E-state index in [1.54, 1.807) is 10.6 Å². The van der Waals surface area contributed by atoms with Crippen LogP contribution in [0.3, 0.4) is 0 Å². The first-order valence-electron chi connectivity index (χ1n) is 11.3. The van der Waals surface area contributed by atoms with Gasteiger partial charge in [0, 0.05) is 0 Å². The van der Waals surface area contributed by atoms with Crippen molar-refractivity contribution < 1.29 is 6.51 Å². The fourth-order valence-corrected chi connectivity index (χ4v) is 111. The molecule has 10 heterocycles. The molecule has 28 heavy (non-hydrogen) atoms. The molecule has 12 rings (SSSR count). The summed E-state index contributed by atoms with van der Waals surface area (Å²) in [6.07, 6.45) is 0. The van der Waals surface area contributed by atoms with Crippen molar-refractivity contribution in [3.8, 4) is 0 Å². The first kappa shape index (κ1) is 12.9. The summed E-state index contributed by atoms with van der Waals surface area (Å²) < 4.78 is 1.62. The van der Waals surface area contributed by atoms with Gasteiger partial charge in [-0.15, -0.1) is 0 Å². The predicted octanol–water partition coefficient (Wildman–Crippen LogP) is 5.28. The van der Waals surface area contributed by atoms with Gasteiger partial charge in [0.1, 0.15) is 0 Å². The van der Waals surface area contributed by atoms with Gasteiger partial charge >= 0.3 is 158 Å². The van der Waals surface area contributed by atoms with Gasteiger partial charge in [0.25, 0.3) is 0 Å². The van der Waals surface area contributed by atoms with Crippen molar-refractivity contribution in [3.63, 3.8) is 0 Å². The molecule has 1 nitrogen and oxygen atoms in total. The van der Waals surface area contributed by atoms with Crippen LogP contribution in [0, 0.1) is 0 Å². The second-order valence-corrected chi connectivity index (χ2v) is 39.7. The van der Waals surface area contributed by atoms with Crippen molar-refractivity contribution in [1.82, 2.24) is 4.90 Å². The van der Waals surface area contributed by atoms with Crippen LogP contribution in [0.2, 0.25) is 38.5 Å². The molecule has 0 N–H and O–H groups in total. The Hall–Kier alpha value is -0.651. The standard InChI is InChI=1S/C20H21NP.C5H5.Fe/c1-3-21(2)19-15-10-16-20(19)22(17-11-6-4-7-12-17)18-13-8-5-9-14-18;1-2-4-5-3-1;/h4-16H,3H2,1-2H3;1-5H;. The van der Waals surface area contributed by atoms with Crippen LogP contribution in [0.1, 0.15) is 6.92 Å². The number of hydrogen-bond donors (Lipinski definition) is 0. The minimum absolute atomic E-state index is 0.197. The Balaban J connectivity index is 1.30. The third kappa shape index (κ3) is 0.215. The van der Waals surface area contributed by atoms with Crippen molar-refractivity contribution >= 4 is 18.5 Å². The molecular weight excluding hydrogens is 401 g/mol. The molecule has 3 heteroatoms. The number of rotatable bonds is 5. The molecule has 0 radical (unpaired) electrons. The summed E-state index contributed by atoms with van der Waals surface area (Å²) in [4.78, 5) is 13.8. The third-order valence-corrected chi connectivity index (χ3v) is 67.8.